The summed E-state index contributed by atoms with van der Waals surface area (Å²) in [7, 11) is 0. The van der Waals surface area contributed by atoms with Crippen molar-refractivity contribution in [3.8, 4) is 0 Å². The molecule has 0 radical (unpaired) electrons. The van der Waals surface area contributed by atoms with Crippen molar-refractivity contribution in [1.29, 1.82) is 0 Å². The fourth-order valence-corrected chi connectivity index (χ4v) is 0.0589. The standard InChI is InChI=1S/CH4N2O2S.H3P/c2-1(3-4)6-5;/h2-3H2;1H3/p+1. The van der Waals surface area contributed by atoms with Crippen molar-refractivity contribution in [2.24, 2.45) is 5.73 Å². The minimum absolute atomic E-state index is 0. The van der Waals surface area contributed by atoms with Crippen molar-refractivity contribution in [2.75, 3.05) is 0 Å². The normalized spacial score (nSPS) is 6.57. The number of hydroxylamine groups is 1. The quantitative estimate of drug-likeness (QED) is 0.217. The van der Waals surface area contributed by atoms with Crippen LogP contribution in [0.1, 0.15) is 0 Å². The van der Waals surface area contributed by atoms with Gasteiger partial charge in [-0.15, -0.1) is 0 Å². The van der Waals surface area contributed by atoms with Crippen LogP contribution >= 0.6 is 9.90 Å². The molecule has 0 fully saturated rings. The molecule has 0 aliphatic heterocycles. The minimum atomic E-state index is -0.227. The summed E-state index contributed by atoms with van der Waals surface area (Å²) >= 11 is 0.00116. The van der Waals surface area contributed by atoms with Crippen molar-refractivity contribution in [3.05, 3.63) is 5.21 Å². The molecular weight excluding hydrogens is 135 g/mol. The zero-order valence-corrected chi connectivity index (χ0v) is 6.70. The van der Waals surface area contributed by atoms with Gasteiger partial charge < -0.3 is 10.7 Å². The summed E-state index contributed by atoms with van der Waals surface area (Å²) in [4.78, 5) is 0. The molecule has 0 amide bonds. The van der Waals surface area contributed by atoms with Crippen molar-refractivity contribution in [1.82, 2.24) is 0 Å². The number of quaternary nitrogens is 1. The predicted octanol–water partition coefficient (Wildman–Crippen LogP) is -2.90. The maximum absolute atomic E-state index is 9.38. The molecule has 7 heavy (non-hydrogen) atoms. The summed E-state index contributed by atoms with van der Waals surface area (Å²) in [6, 6.07) is 0. The minimum Gasteiger partial charge on any atom is -0.629 e. The molecule has 0 saturated carbocycles. The molecule has 4 nitrogen and oxygen atoms in total. The average Bonchev–Trinajstić information content (AvgIpc) is 1.65. The molecular formula is CH8N2O2PS+. The molecule has 0 aromatic carbocycles. The van der Waals surface area contributed by atoms with Gasteiger partial charge in [0.25, 0.3) is 5.11 Å². The van der Waals surface area contributed by atoms with E-state index in [2.05, 4.69) is 5.73 Å². The lowest BCUT2D eigenvalue weighted by Gasteiger charge is -1.90. The molecule has 0 aliphatic rings. The Morgan fingerprint density at radius 2 is 2.29 bits per heavy atom. The van der Waals surface area contributed by atoms with Crippen molar-refractivity contribution in [2.45, 2.75) is 0 Å². The van der Waals surface area contributed by atoms with Gasteiger partial charge in [0.1, 0.15) is 0 Å². The van der Waals surface area contributed by atoms with Crippen LogP contribution in [0, 0.1) is 5.21 Å². The zero-order valence-electron chi connectivity index (χ0n) is 3.88. The molecule has 1 unspecified atom stereocenters. The predicted molar refractivity (Wildman–Crippen MR) is 35.1 cm³/mol. The van der Waals surface area contributed by atoms with E-state index < -0.39 is 0 Å². The van der Waals surface area contributed by atoms with Crippen molar-refractivity contribution >= 4 is 26.3 Å². The third-order valence-corrected chi connectivity index (χ3v) is 0.501. The topological polar surface area (TPSA) is 82.8 Å². The summed E-state index contributed by atoms with van der Waals surface area (Å²) in [5.74, 6) is 0. The highest BCUT2D eigenvalue weighted by atomic mass is 32.1. The first-order valence-electron chi connectivity index (χ1n) is 1.18. The summed E-state index contributed by atoms with van der Waals surface area (Å²) in [5.41, 5.74) is 4.99. The smallest absolute Gasteiger partial charge is 0.270 e. The highest BCUT2D eigenvalue weighted by Gasteiger charge is 1.75. The molecule has 1 atom stereocenters. The van der Waals surface area contributed by atoms with E-state index in [1.165, 1.54) is 0 Å². The first-order valence-corrected chi connectivity index (χ1v) is 1.93. The second kappa shape index (κ2) is 6.20. The van der Waals surface area contributed by atoms with Gasteiger partial charge in [-0.1, -0.05) is 0 Å². The zero-order chi connectivity index (χ0) is 4.99. The number of hydrogen-bond donors (Lipinski definition) is 2. The molecule has 0 spiro atoms. The van der Waals surface area contributed by atoms with Crippen LogP contribution in [0.25, 0.3) is 0 Å². The van der Waals surface area contributed by atoms with E-state index in [4.69, 9.17) is 0 Å². The van der Waals surface area contributed by atoms with Crippen LogP contribution in [0.5, 0.6) is 0 Å². The summed E-state index contributed by atoms with van der Waals surface area (Å²) in [6.07, 6.45) is 0. The third-order valence-electron chi connectivity index (χ3n) is 0.212. The van der Waals surface area contributed by atoms with Gasteiger partial charge in [-0.25, -0.2) is 9.94 Å². The molecule has 0 bridgehead atoms. The number of rotatable bonds is 0. The Morgan fingerprint density at radius 1 is 1.86 bits per heavy atom. The van der Waals surface area contributed by atoms with Gasteiger partial charge in [0, 0.05) is 0 Å². The molecule has 0 heterocycles. The summed E-state index contributed by atoms with van der Waals surface area (Å²) in [5, 5.41) is 9.13. The Bertz CT molecular complexity index is 89.7. The highest BCUT2D eigenvalue weighted by Crippen LogP contribution is 1.19. The Hall–Kier alpha value is 0.200. The van der Waals surface area contributed by atoms with E-state index in [-0.39, 0.29) is 26.3 Å². The molecule has 0 rings (SSSR count). The fraction of sp³-hybridized carbons (Fsp3) is 0. The van der Waals surface area contributed by atoms with Gasteiger partial charge >= 0.3 is 0 Å². The Morgan fingerprint density at radius 3 is 2.29 bits per heavy atom. The lowest BCUT2D eigenvalue weighted by molar-refractivity contribution is -0.460. The van der Waals surface area contributed by atoms with E-state index in [0.717, 1.165) is 0 Å². The fourth-order valence-electron chi connectivity index (χ4n) is 0.0196. The maximum atomic E-state index is 9.38. The number of hydrogen-bond acceptors (Lipinski definition) is 2. The van der Waals surface area contributed by atoms with Crippen molar-refractivity contribution in [3.63, 3.8) is 0 Å². The maximum Gasteiger partial charge on any atom is 0.270 e. The first-order chi connectivity index (χ1) is 2.81. The van der Waals surface area contributed by atoms with E-state index >= 15 is 0 Å². The van der Waals surface area contributed by atoms with E-state index in [9.17, 15) is 9.42 Å². The lowest BCUT2D eigenvalue weighted by Crippen LogP contribution is -2.84. The summed E-state index contributed by atoms with van der Waals surface area (Å²) < 4.78 is 9.38. The van der Waals surface area contributed by atoms with Gasteiger partial charge in [-0.05, 0) is 9.90 Å². The molecule has 0 aliphatic carbocycles. The SMILES string of the molecule is NC([NH2+][O-])=S=O.[PH4+]. The monoisotopic (exact) mass is 143 g/mol. The highest BCUT2D eigenvalue weighted by molar-refractivity contribution is 7.65. The molecule has 44 valence electrons. The van der Waals surface area contributed by atoms with E-state index in [1.807, 2.05) is 0 Å². The lowest BCUT2D eigenvalue weighted by atomic mass is 11.2. The van der Waals surface area contributed by atoms with Crippen molar-refractivity contribution < 1.29 is 9.69 Å². The van der Waals surface area contributed by atoms with Crippen LogP contribution in [0.4, 0.5) is 0 Å². The second-order valence-electron chi connectivity index (χ2n) is 0.604. The molecule has 4 N–H and O–H groups in total. The molecule has 0 aromatic heterocycles. The molecule has 0 aromatic rings. The van der Waals surface area contributed by atoms with E-state index in [0.29, 0.717) is 5.48 Å². The Labute approximate surface area is 47.7 Å². The van der Waals surface area contributed by atoms with Crippen LogP contribution < -0.4 is 11.2 Å². The largest absolute Gasteiger partial charge is 0.629 e. The van der Waals surface area contributed by atoms with Crippen LogP contribution in [0.3, 0.4) is 0 Å². The van der Waals surface area contributed by atoms with Gasteiger partial charge in [-0.2, -0.15) is 0 Å². The van der Waals surface area contributed by atoms with Crippen LogP contribution in [-0.4, -0.2) is 9.32 Å². The van der Waals surface area contributed by atoms with Crippen LogP contribution in [0.2, 0.25) is 0 Å². The third kappa shape index (κ3) is 6.20. The first kappa shape index (κ1) is 10.2. The number of nitrogens with two attached hydrogens (primary N) is 2. The average molecular weight is 143 g/mol. The Kier molecular flexibility index (Phi) is 9.07. The van der Waals surface area contributed by atoms with E-state index in [1.54, 1.807) is 0 Å². The summed E-state index contributed by atoms with van der Waals surface area (Å²) in [6.45, 7) is 0. The van der Waals surface area contributed by atoms with Gasteiger partial charge in [0.2, 0.25) is 0 Å². The second-order valence-corrected chi connectivity index (χ2v) is 1.24. The van der Waals surface area contributed by atoms with Crippen LogP contribution in [-0.2, 0) is 11.3 Å². The Balaban J connectivity index is 0. The molecule has 6 heteroatoms. The van der Waals surface area contributed by atoms with Gasteiger partial charge in [0.15, 0.2) is 11.3 Å². The van der Waals surface area contributed by atoms with Gasteiger partial charge in [0.05, 0.1) is 0 Å². The molecule has 0 saturated heterocycles. The van der Waals surface area contributed by atoms with Gasteiger partial charge in [-0.3, -0.25) is 0 Å². The van der Waals surface area contributed by atoms with Crippen LogP contribution in [0.15, 0.2) is 0 Å².